The van der Waals surface area contributed by atoms with Gasteiger partial charge in [-0.1, -0.05) is 42.5 Å². The summed E-state index contributed by atoms with van der Waals surface area (Å²) in [5.74, 6) is -0.119. The number of nitrogens with zero attached hydrogens (tertiary/aromatic N) is 1. The molecule has 1 amide bonds. The van der Waals surface area contributed by atoms with Crippen molar-refractivity contribution in [2.45, 2.75) is 44.9 Å². The second-order valence-corrected chi connectivity index (χ2v) is 7.66. The van der Waals surface area contributed by atoms with Crippen molar-refractivity contribution < 1.29 is 33.3 Å². The van der Waals surface area contributed by atoms with Crippen LogP contribution in [0.4, 0.5) is 4.79 Å². The molecule has 1 fully saturated rings. The zero-order valence-corrected chi connectivity index (χ0v) is 18.9. The summed E-state index contributed by atoms with van der Waals surface area (Å²) in [6.45, 7) is 2.47. The molecule has 0 radical (unpaired) electrons. The summed E-state index contributed by atoms with van der Waals surface area (Å²) in [6.07, 6.45) is 0.224. The van der Waals surface area contributed by atoms with E-state index in [1.165, 1.54) is 12.0 Å². The molecule has 0 spiro atoms. The maximum absolute atomic E-state index is 12.7. The largest absolute Gasteiger partial charge is 0.488 e. The van der Waals surface area contributed by atoms with E-state index in [0.29, 0.717) is 31.6 Å². The van der Waals surface area contributed by atoms with Gasteiger partial charge in [0.05, 0.1) is 20.3 Å². The van der Waals surface area contributed by atoms with Crippen LogP contribution in [-0.4, -0.2) is 55.3 Å². The third-order valence-electron chi connectivity index (χ3n) is 5.32. The van der Waals surface area contributed by atoms with Crippen LogP contribution in [0.1, 0.15) is 30.9 Å². The first kappa shape index (κ1) is 24.1. The molecule has 1 aliphatic rings. The molecule has 176 valence electrons. The molecule has 0 N–H and O–H groups in total. The van der Waals surface area contributed by atoms with Gasteiger partial charge in [0.2, 0.25) is 0 Å². The molecule has 8 heteroatoms. The van der Waals surface area contributed by atoms with Crippen LogP contribution in [0, 0.1) is 0 Å². The number of rotatable bonds is 9. The Labute approximate surface area is 193 Å². The lowest BCUT2D eigenvalue weighted by Gasteiger charge is -2.21. The van der Waals surface area contributed by atoms with Crippen molar-refractivity contribution in [3.8, 4) is 5.75 Å². The first-order valence-electron chi connectivity index (χ1n) is 11.0. The normalized spacial score (nSPS) is 17.3. The van der Waals surface area contributed by atoms with E-state index < -0.39 is 18.1 Å². The second kappa shape index (κ2) is 11.9. The van der Waals surface area contributed by atoms with Gasteiger partial charge in [0.1, 0.15) is 24.5 Å². The molecule has 8 nitrogen and oxygen atoms in total. The average Bonchev–Trinajstić information content (AvgIpc) is 3.26. The number of aryl methyl sites for hydroxylation is 1. The third kappa shape index (κ3) is 6.97. The van der Waals surface area contributed by atoms with Gasteiger partial charge in [-0.3, -0.25) is 9.69 Å². The summed E-state index contributed by atoms with van der Waals surface area (Å²) in [6, 6.07) is 15.9. The Bertz CT molecular complexity index is 930. The predicted molar refractivity (Wildman–Crippen MR) is 120 cm³/mol. The quantitative estimate of drug-likeness (QED) is 0.422. The van der Waals surface area contributed by atoms with Crippen molar-refractivity contribution in [3.63, 3.8) is 0 Å². The Hall–Kier alpha value is -3.55. The molecule has 1 heterocycles. The molecular weight excluding hydrogens is 426 g/mol. The molecule has 3 rings (SSSR count). The average molecular weight is 456 g/mol. The fourth-order valence-electron chi connectivity index (χ4n) is 3.65. The van der Waals surface area contributed by atoms with Crippen molar-refractivity contribution in [2.75, 3.05) is 20.3 Å². The van der Waals surface area contributed by atoms with E-state index in [9.17, 15) is 14.4 Å². The first-order valence-corrected chi connectivity index (χ1v) is 11.0. The zero-order chi connectivity index (χ0) is 23.6. The number of esters is 2. The van der Waals surface area contributed by atoms with Crippen LogP contribution < -0.4 is 4.74 Å². The van der Waals surface area contributed by atoms with Gasteiger partial charge in [-0.15, -0.1) is 0 Å². The van der Waals surface area contributed by atoms with Gasteiger partial charge in [0, 0.05) is 12.8 Å². The molecule has 2 aromatic carbocycles. The highest BCUT2D eigenvalue weighted by Crippen LogP contribution is 2.25. The fraction of sp³-hybridized carbons (Fsp3) is 0.400. The summed E-state index contributed by atoms with van der Waals surface area (Å²) in [4.78, 5) is 37.8. The maximum atomic E-state index is 12.7. The summed E-state index contributed by atoms with van der Waals surface area (Å²) >= 11 is 0. The minimum atomic E-state index is -0.771. The van der Waals surface area contributed by atoms with Gasteiger partial charge in [-0.25, -0.2) is 9.59 Å². The topological polar surface area (TPSA) is 91.4 Å². The number of hydrogen-bond acceptors (Lipinski definition) is 7. The number of ether oxygens (including phenoxy) is 4. The molecule has 1 saturated heterocycles. The minimum Gasteiger partial charge on any atom is -0.488 e. The van der Waals surface area contributed by atoms with Crippen LogP contribution in [0.15, 0.2) is 54.6 Å². The van der Waals surface area contributed by atoms with Crippen molar-refractivity contribution in [1.82, 2.24) is 4.90 Å². The maximum Gasteiger partial charge on any atom is 0.410 e. The first-order chi connectivity index (χ1) is 16.0. The summed E-state index contributed by atoms with van der Waals surface area (Å²) in [5.41, 5.74) is 1.84. The standard InChI is InChI=1S/C25H29NO7/c1-3-31-23(27)14-11-18-9-12-20(13-10-18)33-21-15-22(24(28)30-2)26(16-21)25(29)32-17-19-7-5-4-6-8-19/h4-10,12-13,21-22H,3,11,14-17H2,1-2H3/t21-,22-/m0/s1. The van der Waals surface area contributed by atoms with Crippen LogP contribution in [-0.2, 0) is 36.8 Å². The summed E-state index contributed by atoms with van der Waals surface area (Å²) in [5, 5.41) is 0. The van der Waals surface area contributed by atoms with Crippen molar-refractivity contribution >= 4 is 18.0 Å². The molecule has 0 saturated carbocycles. The van der Waals surface area contributed by atoms with E-state index in [2.05, 4.69) is 0 Å². The molecule has 0 bridgehead atoms. The highest BCUT2D eigenvalue weighted by molar-refractivity contribution is 5.82. The minimum absolute atomic E-state index is 0.114. The highest BCUT2D eigenvalue weighted by Gasteiger charge is 2.42. The third-order valence-corrected chi connectivity index (χ3v) is 5.32. The Morgan fingerprint density at radius 2 is 1.70 bits per heavy atom. The van der Waals surface area contributed by atoms with Crippen molar-refractivity contribution in [2.24, 2.45) is 0 Å². The van der Waals surface area contributed by atoms with Gasteiger partial charge in [0.15, 0.2) is 0 Å². The predicted octanol–water partition coefficient (Wildman–Crippen LogP) is 3.51. The molecule has 2 aromatic rings. The fourth-order valence-corrected chi connectivity index (χ4v) is 3.65. The number of benzene rings is 2. The van der Waals surface area contributed by atoms with Crippen LogP contribution in [0.2, 0.25) is 0 Å². The number of carbonyl (C=O) groups is 3. The van der Waals surface area contributed by atoms with E-state index in [1.807, 2.05) is 54.6 Å². The molecule has 1 aliphatic heterocycles. The number of likely N-dealkylation sites (tertiary alicyclic amines) is 1. The van der Waals surface area contributed by atoms with Crippen molar-refractivity contribution in [3.05, 3.63) is 65.7 Å². The number of hydrogen-bond donors (Lipinski definition) is 0. The highest BCUT2D eigenvalue weighted by atomic mass is 16.6. The number of amides is 1. The van der Waals surface area contributed by atoms with Gasteiger partial charge in [-0.2, -0.15) is 0 Å². The van der Waals surface area contributed by atoms with Gasteiger partial charge < -0.3 is 18.9 Å². The van der Waals surface area contributed by atoms with E-state index in [4.69, 9.17) is 18.9 Å². The van der Waals surface area contributed by atoms with Crippen LogP contribution >= 0.6 is 0 Å². The Morgan fingerprint density at radius 3 is 2.36 bits per heavy atom. The van der Waals surface area contributed by atoms with Gasteiger partial charge in [0.25, 0.3) is 0 Å². The van der Waals surface area contributed by atoms with E-state index in [-0.39, 0.29) is 25.2 Å². The van der Waals surface area contributed by atoms with Gasteiger partial charge in [-0.05, 0) is 36.6 Å². The van der Waals surface area contributed by atoms with E-state index in [0.717, 1.165) is 11.1 Å². The van der Waals surface area contributed by atoms with E-state index >= 15 is 0 Å². The molecular formula is C25H29NO7. The lowest BCUT2D eigenvalue weighted by atomic mass is 10.1. The van der Waals surface area contributed by atoms with Crippen LogP contribution in [0.5, 0.6) is 5.75 Å². The molecule has 2 atom stereocenters. The van der Waals surface area contributed by atoms with Gasteiger partial charge >= 0.3 is 18.0 Å². The Morgan fingerprint density at radius 1 is 0.970 bits per heavy atom. The molecule has 33 heavy (non-hydrogen) atoms. The Balaban J connectivity index is 1.57. The lowest BCUT2D eigenvalue weighted by Crippen LogP contribution is -2.41. The SMILES string of the molecule is CCOC(=O)CCc1ccc(O[C@H]2C[C@@H](C(=O)OC)N(C(=O)OCc3ccccc3)C2)cc1. The molecule has 0 aliphatic carbocycles. The second-order valence-electron chi connectivity index (χ2n) is 7.66. The van der Waals surface area contributed by atoms with Crippen LogP contribution in [0.3, 0.4) is 0 Å². The monoisotopic (exact) mass is 455 g/mol. The number of methoxy groups -OCH3 is 1. The number of carbonyl (C=O) groups excluding carboxylic acids is 3. The summed E-state index contributed by atoms with van der Waals surface area (Å²) < 4.78 is 21.2. The summed E-state index contributed by atoms with van der Waals surface area (Å²) in [7, 11) is 1.29. The Kier molecular flexibility index (Phi) is 8.69. The van der Waals surface area contributed by atoms with Crippen molar-refractivity contribution in [1.29, 1.82) is 0 Å². The molecule has 0 aromatic heterocycles. The van der Waals surface area contributed by atoms with E-state index in [1.54, 1.807) is 6.92 Å². The van der Waals surface area contributed by atoms with Crippen LogP contribution in [0.25, 0.3) is 0 Å². The zero-order valence-electron chi connectivity index (χ0n) is 18.9. The lowest BCUT2D eigenvalue weighted by molar-refractivity contribution is -0.145. The molecule has 0 unspecified atom stereocenters. The smallest absolute Gasteiger partial charge is 0.410 e.